The Bertz CT molecular complexity index is 421. The Balaban J connectivity index is 3.21. The summed E-state index contributed by atoms with van der Waals surface area (Å²) >= 11 is 16.3. The highest BCUT2D eigenvalue weighted by Crippen LogP contribution is 2.20. The fraction of sp³-hybridized carbons (Fsp3) is 0.200. The van der Waals surface area contributed by atoms with Crippen LogP contribution in [0, 0.1) is 0 Å². The van der Waals surface area contributed by atoms with Gasteiger partial charge in [-0.2, -0.15) is 0 Å². The van der Waals surface area contributed by atoms with E-state index >= 15 is 0 Å². The van der Waals surface area contributed by atoms with Gasteiger partial charge < -0.3 is 0 Å². The van der Waals surface area contributed by atoms with Crippen molar-refractivity contribution in [1.82, 2.24) is 0 Å². The molecule has 0 fully saturated rings. The molecule has 86 valence electrons. The van der Waals surface area contributed by atoms with Crippen LogP contribution in [0.3, 0.4) is 0 Å². The normalized spacial score (nSPS) is 9.94. The zero-order valence-electron chi connectivity index (χ0n) is 8.10. The largest absolute Gasteiger partial charge is 0.298 e. The molecule has 0 aliphatic carbocycles. The average molecular weight is 281 g/mol. The molecule has 0 spiro atoms. The third-order valence-corrected chi connectivity index (χ3v) is 2.68. The van der Waals surface area contributed by atoms with Crippen molar-refractivity contribution in [2.75, 3.05) is 16.6 Å². The Morgan fingerprint density at radius 3 is 2.25 bits per heavy atom. The molecule has 0 radical (unpaired) electrons. The van der Waals surface area contributed by atoms with Gasteiger partial charge in [0.15, 0.2) is 11.6 Å². The number of hydrogen-bond acceptors (Lipinski definition) is 3. The van der Waals surface area contributed by atoms with Crippen molar-refractivity contribution < 1.29 is 9.59 Å². The molecule has 1 aromatic carbocycles. The Kier molecular flexibility index (Phi) is 5.06. The summed E-state index contributed by atoms with van der Waals surface area (Å²) < 4.78 is 0. The molecule has 1 N–H and O–H groups in total. The lowest BCUT2D eigenvalue weighted by molar-refractivity contribution is 0.102. The highest BCUT2D eigenvalue weighted by molar-refractivity contribution is 6.33. The molecule has 1 aromatic rings. The number of carbonyl (C=O) groups excluding carboxylic acids is 2. The second kappa shape index (κ2) is 6.09. The van der Waals surface area contributed by atoms with Crippen LogP contribution in [-0.2, 0) is 0 Å². The molecule has 0 saturated heterocycles. The number of rotatable bonds is 5. The topological polar surface area (TPSA) is 46.2 Å². The summed E-state index contributed by atoms with van der Waals surface area (Å²) in [5, 5.41) is 0. The van der Waals surface area contributed by atoms with Crippen molar-refractivity contribution in [3.63, 3.8) is 0 Å². The van der Waals surface area contributed by atoms with E-state index in [9.17, 15) is 9.59 Å². The van der Waals surface area contributed by atoms with Gasteiger partial charge in [-0.25, -0.2) is 0 Å². The lowest BCUT2D eigenvalue weighted by Crippen LogP contribution is -2.07. The van der Waals surface area contributed by atoms with Gasteiger partial charge in [-0.3, -0.25) is 14.4 Å². The van der Waals surface area contributed by atoms with Crippen molar-refractivity contribution in [1.29, 1.82) is 0 Å². The molecule has 0 heterocycles. The first-order valence-corrected chi connectivity index (χ1v) is 5.77. The van der Waals surface area contributed by atoms with E-state index in [4.69, 9.17) is 35.0 Å². The van der Waals surface area contributed by atoms with E-state index in [0.717, 1.165) is 0 Å². The number of anilines is 1. The average Bonchev–Trinajstić information content (AvgIpc) is 2.35. The van der Waals surface area contributed by atoms with E-state index in [-0.39, 0.29) is 28.9 Å². The van der Waals surface area contributed by atoms with Gasteiger partial charge in [0.2, 0.25) is 0 Å². The molecule has 0 atom stereocenters. The van der Waals surface area contributed by atoms with Crippen LogP contribution in [0.2, 0.25) is 0 Å². The number of alkyl halides is 2. The van der Waals surface area contributed by atoms with Crippen LogP contribution >= 0.6 is 35.0 Å². The van der Waals surface area contributed by atoms with Crippen LogP contribution in [0.1, 0.15) is 20.7 Å². The van der Waals surface area contributed by atoms with Gasteiger partial charge in [0, 0.05) is 22.9 Å². The maximum atomic E-state index is 11.5. The second-order valence-electron chi connectivity index (χ2n) is 2.97. The zero-order chi connectivity index (χ0) is 12.1. The third kappa shape index (κ3) is 2.88. The van der Waals surface area contributed by atoms with Gasteiger partial charge in [-0.1, -0.05) is 0 Å². The highest BCUT2D eigenvalue weighted by atomic mass is 35.5. The van der Waals surface area contributed by atoms with Gasteiger partial charge in [-0.05, 0) is 18.2 Å². The molecule has 0 aliphatic rings. The molecule has 0 unspecified atom stereocenters. The number of ketones is 2. The summed E-state index contributed by atoms with van der Waals surface area (Å²) in [5.41, 5.74) is 1.05. The predicted molar refractivity (Wildman–Crippen MR) is 66.0 cm³/mol. The molecule has 6 heteroatoms. The maximum Gasteiger partial charge on any atom is 0.179 e. The van der Waals surface area contributed by atoms with Crippen LogP contribution in [0.15, 0.2) is 18.2 Å². The number of benzene rings is 1. The standard InChI is InChI=1S/C10H8Cl3NO2/c11-4-9(15)6-1-2-8(14-13)7(3-6)10(16)5-12/h1-3,14H,4-5H2. The summed E-state index contributed by atoms with van der Waals surface area (Å²) in [6, 6.07) is 4.51. The van der Waals surface area contributed by atoms with Gasteiger partial charge in [0.25, 0.3) is 0 Å². The summed E-state index contributed by atoms with van der Waals surface area (Å²) in [5.74, 6) is -0.882. The van der Waals surface area contributed by atoms with E-state index in [2.05, 4.69) is 4.84 Å². The molecular weight excluding hydrogens is 272 g/mol. The van der Waals surface area contributed by atoms with Crippen LogP contribution in [0.5, 0.6) is 0 Å². The highest BCUT2D eigenvalue weighted by Gasteiger charge is 2.13. The summed E-state index contributed by atoms with van der Waals surface area (Å²) in [6.07, 6.45) is 0. The lowest BCUT2D eigenvalue weighted by Gasteiger charge is -2.07. The number of halogens is 3. The maximum absolute atomic E-state index is 11.5. The minimum atomic E-state index is -0.311. The Labute approximate surface area is 108 Å². The molecule has 16 heavy (non-hydrogen) atoms. The minimum absolute atomic E-state index is 0.137. The SMILES string of the molecule is O=C(CCl)c1ccc(NCl)c(C(=O)CCl)c1. The summed E-state index contributed by atoms with van der Waals surface area (Å²) in [7, 11) is 0. The number of nitrogens with one attached hydrogen (secondary N) is 1. The third-order valence-electron chi connectivity index (χ3n) is 1.99. The van der Waals surface area contributed by atoms with Crippen LogP contribution < -0.4 is 4.84 Å². The molecule has 1 rings (SSSR count). The lowest BCUT2D eigenvalue weighted by atomic mass is 10.0. The smallest absolute Gasteiger partial charge is 0.179 e. The van der Waals surface area contributed by atoms with E-state index in [1.165, 1.54) is 12.1 Å². The van der Waals surface area contributed by atoms with Gasteiger partial charge in [0.05, 0.1) is 17.4 Å². The molecule has 0 aliphatic heterocycles. The quantitative estimate of drug-likeness (QED) is 0.512. The molecular formula is C10H8Cl3NO2. The Hall–Kier alpha value is -0.770. The molecule has 3 nitrogen and oxygen atoms in total. The fourth-order valence-electron chi connectivity index (χ4n) is 1.18. The number of hydrogen-bond donors (Lipinski definition) is 1. The molecule has 0 aromatic heterocycles. The van der Waals surface area contributed by atoms with E-state index in [1.54, 1.807) is 6.07 Å². The summed E-state index contributed by atoms with van der Waals surface area (Å²) in [6.45, 7) is 0. The number of carbonyl (C=O) groups is 2. The first-order valence-electron chi connectivity index (χ1n) is 4.33. The fourth-order valence-corrected chi connectivity index (χ4v) is 1.64. The van der Waals surface area contributed by atoms with Crippen LogP contribution in [-0.4, -0.2) is 23.3 Å². The number of Topliss-reactive ketones (excluding diaryl/α,β-unsaturated/α-hetero) is 2. The van der Waals surface area contributed by atoms with Gasteiger partial charge >= 0.3 is 0 Å². The minimum Gasteiger partial charge on any atom is -0.298 e. The Morgan fingerprint density at radius 2 is 1.75 bits per heavy atom. The first kappa shape index (κ1) is 13.3. The van der Waals surface area contributed by atoms with Crippen molar-refractivity contribution >= 4 is 52.2 Å². The molecule has 0 amide bonds. The molecule has 0 saturated carbocycles. The van der Waals surface area contributed by atoms with Crippen LogP contribution in [0.4, 0.5) is 5.69 Å². The van der Waals surface area contributed by atoms with Crippen molar-refractivity contribution in [3.8, 4) is 0 Å². The van der Waals surface area contributed by atoms with Gasteiger partial charge in [0.1, 0.15) is 0 Å². The van der Waals surface area contributed by atoms with E-state index in [0.29, 0.717) is 11.3 Å². The molecule has 0 bridgehead atoms. The summed E-state index contributed by atoms with van der Waals surface area (Å²) in [4.78, 5) is 25.2. The predicted octanol–water partition coefficient (Wildman–Crippen LogP) is 3.10. The van der Waals surface area contributed by atoms with Crippen LogP contribution in [0.25, 0.3) is 0 Å². The monoisotopic (exact) mass is 279 g/mol. The van der Waals surface area contributed by atoms with Gasteiger partial charge in [-0.15, -0.1) is 23.2 Å². The first-order chi connectivity index (χ1) is 7.63. The van der Waals surface area contributed by atoms with Crippen molar-refractivity contribution in [2.24, 2.45) is 0 Å². The second-order valence-corrected chi connectivity index (χ2v) is 3.69. The van der Waals surface area contributed by atoms with E-state index in [1.807, 2.05) is 0 Å². The van der Waals surface area contributed by atoms with E-state index < -0.39 is 0 Å². The Morgan fingerprint density at radius 1 is 1.12 bits per heavy atom. The zero-order valence-corrected chi connectivity index (χ0v) is 10.4. The van der Waals surface area contributed by atoms with Crippen molar-refractivity contribution in [3.05, 3.63) is 29.3 Å². The van der Waals surface area contributed by atoms with Crippen molar-refractivity contribution in [2.45, 2.75) is 0 Å².